The van der Waals surface area contributed by atoms with Crippen molar-refractivity contribution in [3.63, 3.8) is 0 Å². The lowest BCUT2D eigenvalue weighted by atomic mass is 10.0. The largest absolute Gasteiger partial charge is 0.459 e. The van der Waals surface area contributed by atoms with Crippen LogP contribution in [0.3, 0.4) is 0 Å². The molecular weight excluding hydrogens is 346 g/mol. The number of nitrogens with one attached hydrogen (secondary N) is 1. The summed E-state index contributed by atoms with van der Waals surface area (Å²) in [4.78, 5) is 34.7. The molecule has 0 spiro atoms. The molecule has 3 aromatic heterocycles. The lowest BCUT2D eigenvalue weighted by Gasteiger charge is -2.31. The summed E-state index contributed by atoms with van der Waals surface area (Å²) in [7, 11) is 0. The van der Waals surface area contributed by atoms with Gasteiger partial charge < -0.3 is 14.6 Å². The Balaban J connectivity index is 1.31. The normalized spacial score (nSPS) is 14.9. The molecule has 27 heavy (non-hydrogen) atoms. The van der Waals surface area contributed by atoms with Crippen LogP contribution in [0, 0.1) is 0 Å². The molecule has 0 aliphatic carbocycles. The lowest BCUT2D eigenvalue weighted by Crippen LogP contribution is -2.46. The average Bonchev–Trinajstić information content (AvgIpc) is 3.42. The monoisotopic (exact) mass is 365 g/mol. The Bertz CT molecular complexity index is 895. The fourth-order valence-electron chi connectivity index (χ4n) is 3.12. The molecule has 0 saturated carbocycles. The van der Waals surface area contributed by atoms with Crippen LogP contribution < -0.4 is 5.32 Å². The summed E-state index contributed by atoms with van der Waals surface area (Å²) in [6, 6.07) is 6.92. The zero-order valence-corrected chi connectivity index (χ0v) is 14.6. The van der Waals surface area contributed by atoms with Crippen LogP contribution >= 0.6 is 0 Å². The number of carbonyl (C=O) groups excluding carboxylic acids is 2. The number of aromatic nitrogens is 3. The molecule has 1 aliphatic rings. The minimum atomic E-state index is -0.157. The van der Waals surface area contributed by atoms with Crippen LogP contribution in [0.25, 0.3) is 5.82 Å². The number of piperidine rings is 1. The number of likely N-dealkylation sites (tertiary alicyclic amines) is 1. The van der Waals surface area contributed by atoms with Crippen LogP contribution in [0.15, 0.2) is 59.9 Å². The van der Waals surface area contributed by atoms with Gasteiger partial charge in [0.25, 0.3) is 11.8 Å². The highest BCUT2D eigenvalue weighted by Gasteiger charge is 2.26. The van der Waals surface area contributed by atoms with Gasteiger partial charge >= 0.3 is 0 Å². The molecule has 4 rings (SSSR count). The maximum atomic E-state index is 12.4. The third kappa shape index (κ3) is 3.74. The quantitative estimate of drug-likeness (QED) is 0.762. The van der Waals surface area contributed by atoms with E-state index < -0.39 is 0 Å². The van der Waals surface area contributed by atoms with Crippen LogP contribution in [-0.2, 0) is 0 Å². The fraction of sp³-hybridized carbons (Fsp3) is 0.263. The number of nitrogens with zero attached hydrogens (tertiary/aromatic N) is 4. The van der Waals surface area contributed by atoms with E-state index in [0.29, 0.717) is 43.1 Å². The highest BCUT2D eigenvalue weighted by atomic mass is 16.3. The molecule has 8 heteroatoms. The molecule has 1 N–H and O–H groups in total. The minimum Gasteiger partial charge on any atom is -0.459 e. The summed E-state index contributed by atoms with van der Waals surface area (Å²) < 4.78 is 6.93. The number of hydrogen-bond acceptors (Lipinski definition) is 5. The molecule has 1 aliphatic heterocycles. The third-order valence-electron chi connectivity index (χ3n) is 4.63. The molecule has 138 valence electrons. The van der Waals surface area contributed by atoms with Crippen molar-refractivity contribution in [1.82, 2.24) is 24.8 Å². The fourth-order valence-corrected chi connectivity index (χ4v) is 3.12. The van der Waals surface area contributed by atoms with E-state index in [1.54, 1.807) is 58.7 Å². The molecule has 3 aromatic rings. The number of furan rings is 1. The van der Waals surface area contributed by atoms with Gasteiger partial charge in [0.15, 0.2) is 5.76 Å². The van der Waals surface area contributed by atoms with Crippen molar-refractivity contribution in [2.75, 3.05) is 13.1 Å². The van der Waals surface area contributed by atoms with Gasteiger partial charge in [-0.3, -0.25) is 14.2 Å². The number of pyridine rings is 1. The van der Waals surface area contributed by atoms with Crippen LogP contribution in [-0.4, -0.2) is 50.4 Å². The summed E-state index contributed by atoms with van der Waals surface area (Å²) in [5.74, 6) is 0.787. The van der Waals surface area contributed by atoms with E-state index in [9.17, 15) is 9.59 Å². The molecular formula is C19H19N5O3. The molecule has 1 fully saturated rings. The Morgan fingerprint density at radius 1 is 1.19 bits per heavy atom. The Morgan fingerprint density at radius 3 is 2.67 bits per heavy atom. The maximum Gasteiger partial charge on any atom is 0.289 e. The standard InChI is InChI=1S/C19H19N5O3/c25-18(14-3-4-17(21-12-14)24-10-7-20-13-24)22-15-5-8-23(9-6-15)19(26)16-2-1-11-27-16/h1-4,7,10-13,15H,5-6,8-9H2,(H,22,25). The summed E-state index contributed by atoms with van der Waals surface area (Å²) in [5, 5.41) is 3.02. The van der Waals surface area contributed by atoms with Crippen molar-refractivity contribution < 1.29 is 14.0 Å². The van der Waals surface area contributed by atoms with E-state index >= 15 is 0 Å². The van der Waals surface area contributed by atoms with Crippen LogP contribution in [0.5, 0.6) is 0 Å². The van der Waals surface area contributed by atoms with E-state index in [-0.39, 0.29) is 17.9 Å². The van der Waals surface area contributed by atoms with Crippen molar-refractivity contribution in [1.29, 1.82) is 0 Å². The molecule has 0 radical (unpaired) electrons. The average molecular weight is 365 g/mol. The maximum absolute atomic E-state index is 12.4. The number of hydrogen-bond donors (Lipinski definition) is 1. The summed E-state index contributed by atoms with van der Waals surface area (Å²) in [5.41, 5.74) is 0.507. The van der Waals surface area contributed by atoms with Crippen LogP contribution in [0.2, 0.25) is 0 Å². The highest BCUT2D eigenvalue weighted by molar-refractivity contribution is 5.94. The van der Waals surface area contributed by atoms with Crippen molar-refractivity contribution in [2.45, 2.75) is 18.9 Å². The first kappa shape index (κ1) is 17.0. The summed E-state index contributed by atoms with van der Waals surface area (Å²) in [6.07, 6.45) is 9.58. The van der Waals surface area contributed by atoms with E-state index in [1.165, 1.54) is 6.26 Å². The number of rotatable bonds is 4. The summed E-state index contributed by atoms with van der Waals surface area (Å²) >= 11 is 0. The molecule has 0 bridgehead atoms. The predicted molar refractivity (Wildman–Crippen MR) is 96.5 cm³/mol. The van der Waals surface area contributed by atoms with Gasteiger partial charge in [-0.15, -0.1) is 0 Å². The van der Waals surface area contributed by atoms with Gasteiger partial charge in [-0.1, -0.05) is 0 Å². The van der Waals surface area contributed by atoms with Gasteiger partial charge in [0, 0.05) is 37.7 Å². The second kappa shape index (κ2) is 7.45. The van der Waals surface area contributed by atoms with E-state index in [0.717, 1.165) is 0 Å². The molecule has 1 saturated heterocycles. The van der Waals surface area contributed by atoms with Crippen LogP contribution in [0.4, 0.5) is 0 Å². The molecule has 0 atom stereocenters. The first-order chi connectivity index (χ1) is 13.2. The van der Waals surface area contributed by atoms with Crippen molar-refractivity contribution in [3.05, 3.63) is 66.8 Å². The van der Waals surface area contributed by atoms with Crippen LogP contribution in [0.1, 0.15) is 33.8 Å². The zero-order chi connectivity index (χ0) is 18.6. The SMILES string of the molecule is O=C(NC1CCN(C(=O)c2ccco2)CC1)c1ccc(-n2ccnc2)nc1. The number of carbonyl (C=O) groups is 2. The van der Waals surface area contributed by atoms with Gasteiger partial charge in [-0.2, -0.15) is 0 Å². The van der Waals surface area contributed by atoms with Gasteiger partial charge in [-0.05, 0) is 37.1 Å². The third-order valence-corrected chi connectivity index (χ3v) is 4.63. The Kier molecular flexibility index (Phi) is 4.69. The minimum absolute atomic E-state index is 0.0338. The molecule has 0 unspecified atom stereocenters. The van der Waals surface area contributed by atoms with Crippen molar-refractivity contribution >= 4 is 11.8 Å². The van der Waals surface area contributed by atoms with Gasteiger partial charge in [-0.25, -0.2) is 9.97 Å². The Hall–Kier alpha value is -3.42. The van der Waals surface area contributed by atoms with Crippen molar-refractivity contribution in [2.24, 2.45) is 0 Å². The Labute approximate surface area is 155 Å². The first-order valence-electron chi connectivity index (χ1n) is 8.79. The lowest BCUT2D eigenvalue weighted by molar-refractivity contribution is 0.0667. The van der Waals surface area contributed by atoms with Gasteiger partial charge in [0.2, 0.25) is 0 Å². The molecule has 8 nitrogen and oxygen atoms in total. The van der Waals surface area contributed by atoms with E-state index in [4.69, 9.17) is 4.42 Å². The summed E-state index contributed by atoms with van der Waals surface area (Å²) in [6.45, 7) is 1.17. The predicted octanol–water partition coefficient (Wildman–Crippen LogP) is 1.89. The zero-order valence-electron chi connectivity index (χ0n) is 14.6. The number of imidazole rings is 1. The topological polar surface area (TPSA) is 93.3 Å². The molecule has 4 heterocycles. The van der Waals surface area contributed by atoms with Gasteiger partial charge in [0.05, 0.1) is 11.8 Å². The molecule has 0 aromatic carbocycles. The second-order valence-electron chi connectivity index (χ2n) is 6.39. The first-order valence-corrected chi connectivity index (χ1v) is 8.79. The van der Waals surface area contributed by atoms with Crippen molar-refractivity contribution in [3.8, 4) is 5.82 Å². The Morgan fingerprint density at radius 2 is 2.04 bits per heavy atom. The highest BCUT2D eigenvalue weighted by Crippen LogP contribution is 2.15. The molecule has 2 amide bonds. The van der Waals surface area contributed by atoms with E-state index in [2.05, 4.69) is 15.3 Å². The smallest absolute Gasteiger partial charge is 0.289 e. The van der Waals surface area contributed by atoms with Gasteiger partial charge in [0.1, 0.15) is 12.1 Å². The second-order valence-corrected chi connectivity index (χ2v) is 6.39. The van der Waals surface area contributed by atoms with E-state index in [1.807, 2.05) is 0 Å². The number of amides is 2.